The zero-order chi connectivity index (χ0) is 7.19. The Labute approximate surface area is 72.6 Å². The number of thiophene rings is 1. The van der Waals surface area contributed by atoms with Gasteiger partial charge in [-0.3, -0.25) is 0 Å². The molecule has 1 nitrogen and oxygen atoms in total. The van der Waals surface area contributed by atoms with Crippen LogP contribution in [0.2, 0.25) is 0 Å². The van der Waals surface area contributed by atoms with E-state index in [1.54, 1.807) is 0 Å². The van der Waals surface area contributed by atoms with E-state index in [2.05, 4.69) is 39.6 Å². The maximum Gasteiger partial charge on any atom is 0.0627 e. The molecular formula is C7H8BrNS. The highest BCUT2D eigenvalue weighted by molar-refractivity contribution is 9.10. The van der Waals surface area contributed by atoms with Gasteiger partial charge in [0.1, 0.15) is 0 Å². The molecule has 1 saturated heterocycles. The highest BCUT2D eigenvalue weighted by Gasteiger charge is 2.39. The van der Waals surface area contributed by atoms with Crippen LogP contribution >= 0.6 is 27.3 Å². The minimum absolute atomic E-state index is 0.302. The molecule has 3 heteroatoms. The molecule has 54 valence electrons. The van der Waals surface area contributed by atoms with Crippen LogP contribution in [0.15, 0.2) is 15.9 Å². The molecule has 0 aliphatic carbocycles. The van der Waals surface area contributed by atoms with Crippen LogP contribution in [-0.2, 0) is 5.54 Å². The predicted molar refractivity (Wildman–Crippen MR) is 47.4 cm³/mol. The summed E-state index contributed by atoms with van der Waals surface area (Å²) in [5, 5.41) is 5.46. The van der Waals surface area contributed by atoms with Crippen LogP contribution < -0.4 is 5.32 Å². The van der Waals surface area contributed by atoms with Crippen molar-refractivity contribution in [1.29, 1.82) is 0 Å². The van der Waals surface area contributed by atoms with E-state index in [1.807, 2.05) is 11.3 Å². The first-order chi connectivity index (χ1) is 4.71. The molecule has 0 saturated carbocycles. The lowest BCUT2D eigenvalue weighted by molar-refractivity contribution is 0.783. The highest BCUT2D eigenvalue weighted by Crippen LogP contribution is 2.35. The Hall–Kier alpha value is 0.140. The van der Waals surface area contributed by atoms with Gasteiger partial charge in [0.2, 0.25) is 0 Å². The molecule has 2 rings (SSSR count). The molecule has 0 radical (unpaired) electrons. The standard InChI is InChI=1S/C7H8BrNS/c1-7(4-9-7)6-2-5(8)3-10-6/h2-3,9H,4H2,1H3. The third-order valence-corrected chi connectivity index (χ3v) is 3.77. The quantitative estimate of drug-likeness (QED) is 0.718. The van der Waals surface area contributed by atoms with E-state index in [0.29, 0.717) is 5.54 Å². The fourth-order valence-electron chi connectivity index (χ4n) is 0.909. The van der Waals surface area contributed by atoms with Crippen LogP contribution in [0.25, 0.3) is 0 Å². The number of hydrogen-bond acceptors (Lipinski definition) is 2. The van der Waals surface area contributed by atoms with Gasteiger partial charge in [-0.15, -0.1) is 11.3 Å². The number of rotatable bonds is 1. The molecule has 2 heterocycles. The minimum atomic E-state index is 0.302. The van der Waals surface area contributed by atoms with Crippen molar-refractivity contribution in [2.45, 2.75) is 12.5 Å². The van der Waals surface area contributed by atoms with Crippen molar-refractivity contribution in [3.63, 3.8) is 0 Å². The highest BCUT2D eigenvalue weighted by atomic mass is 79.9. The lowest BCUT2D eigenvalue weighted by atomic mass is 10.1. The summed E-state index contributed by atoms with van der Waals surface area (Å²) in [5.41, 5.74) is 0.302. The van der Waals surface area contributed by atoms with Gasteiger partial charge in [0, 0.05) is 21.3 Å². The van der Waals surface area contributed by atoms with Crippen molar-refractivity contribution >= 4 is 27.3 Å². The first-order valence-electron chi connectivity index (χ1n) is 3.20. The average Bonchev–Trinajstić information content (AvgIpc) is 2.45. The minimum Gasteiger partial charge on any atom is -0.304 e. The molecule has 0 amide bonds. The van der Waals surface area contributed by atoms with Gasteiger partial charge < -0.3 is 5.32 Å². The molecule has 1 fully saturated rings. The lowest BCUT2D eigenvalue weighted by Gasteiger charge is -1.99. The third kappa shape index (κ3) is 1.02. The Kier molecular flexibility index (Phi) is 1.41. The summed E-state index contributed by atoms with van der Waals surface area (Å²) in [7, 11) is 0. The number of halogens is 1. The fraction of sp³-hybridized carbons (Fsp3) is 0.429. The molecule has 1 aromatic heterocycles. The van der Waals surface area contributed by atoms with E-state index in [1.165, 1.54) is 9.35 Å². The predicted octanol–water partition coefficient (Wildman–Crippen LogP) is 2.33. The molecule has 1 atom stereocenters. The molecule has 1 N–H and O–H groups in total. The summed E-state index contributed by atoms with van der Waals surface area (Å²) >= 11 is 5.24. The molecule has 1 aliphatic heterocycles. The largest absolute Gasteiger partial charge is 0.304 e. The van der Waals surface area contributed by atoms with Gasteiger partial charge in [0.25, 0.3) is 0 Å². The zero-order valence-electron chi connectivity index (χ0n) is 5.65. The normalized spacial score (nSPS) is 30.6. The van der Waals surface area contributed by atoms with Crippen LogP contribution in [0.3, 0.4) is 0 Å². The second-order valence-corrected chi connectivity index (χ2v) is 4.64. The molecule has 1 aliphatic rings. The Bertz CT molecular complexity index is 252. The van der Waals surface area contributed by atoms with Crippen molar-refractivity contribution in [2.24, 2.45) is 0 Å². The summed E-state index contributed by atoms with van der Waals surface area (Å²) < 4.78 is 1.20. The fourth-order valence-corrected chi connectivity index (χ4v) is 2.48. The number of nitrogens with one attached hydrogen (secondary N) is 1. The Morgan fingerprint density at radius 2 is 2.50 bits per heavy atom. The van der Waals surface area contributed by atoms with E-state index in [9.17, 15) is 0 Å². The summed E-state index contributed by atoms with van der Waals surface area (Å²) in [6, 6.07) is 2.19. The van der Waals surface area contributed by atoms with Crippen LogP contribution in [0.1, 0.15) is 11.8 Å². The van der Waals surface area contributed by atoms with E-state index in [0.717, 1.165) is 6.54 Å². The smallest absolute Gasteiger partial charge is 0.0627 e. The van der Waals surface area contributed by atoms with Crippen molar-refractivity contribution in [1.82, 2.24) is 5.32 Å². The summed E-state index contributed by atoms with van der Waals surface area (Å²) in [6.07, 6.45) is 0. The van der Waals surface area contributed by atoms with Gasteiger partial charge in [-0.05, 0) is 28.9 Å². The van der Waals surface area contributed by atoms with Crippen LogP contribution in [0.4, 0.5) is 0 Å². The summed E-state index contributed by atoms with van der Waals surface area (Å²) in [5.74, 6) is 0. The van der Waals surface area contributed by atoms with Crippen molar-refractivity contribution < 1.29 is 0 Å². The van der Waals surface area contributed by atoms with E-state index in [-0.39, 0.29) is 0 Å². The SMILES string of the molecule is CC1(c2cc(Br)cs2)CN1. The molecular weight excluding hydrogens is 210 g/mol. The maximum atomic E-state index is 3.44. The van der Waals surface area contributed by atoms with Crippen LogP contribution in [0, 0.1) is 0 Å². The van der Waals surface area contributed by atoms with Crippen molar-refractivity contribution in [2.75, 3.05) is 6.54 Å². The molecule has 10 heavy (non-hydrogen) atoms. The summed E-state index contributed by atoms with van der Waals surface area (Å²) in [4.78, 5) is 1.43. The summed E-state index contributed by atoms with van der Waals surface area (Å²) in [6.45, 7) is 3.35. The second-order valence-electron chi connectivity index (χ2n) is 2.81. The molecule has 1 aromatic rings. The topological polar surface area (TPSA) is 21.9 Å². The van der Waals surface area contributed by atoms with Crippen LogP contribution in [-0.4, -0.2) is 6.54 Å². The molecule has 0 spiro atoms. The number of hydrogen-bond donors (Lipinski definition) is 1. The van der Waals surface area contributed by atoms with E-state index >= 15 is 0 Å². The Morgan fingerprint density at radius 1 is 1.80 bits per heavy atom. The van der Waals surface area contributed by atoms with Gasteiger partial charge in [-0.2, -0.15) is 0 Å². The van der Waals surface area contributed by atoms with Crippen molar-refractivity contribution in [3.05, 3.63) is 20.8 Å². The molecule has 0 aromatic carbocycles. The monoisotopic (exact) mass is 217 g/mol. The van der Waals surface area contributed by atoms with Gasteiger partial charge >= 0.3 is 0 Å². The second kappa shape index (κ2) is 2.06. The Morgan fingerprint density at radius 3 is 2.90 bits per heavy atom. The van der Waals surface area contributed by atoms with Gasteiger partial charge in [-0.1, -0.05) is 0 Å². The van der Waals surface area contributed by atoms with Crippen molar-refractivity contribution in [3.8, 4) is 0 Å². The maximum absolute atomic E-state index is 3.44. The zero-order valence-corrected chi connectivity index (χ0v) is 8.05. The average molecular weight is 218 g/mol. The first kappa shape index (κ1) is 6.83. The molecule has 0 bridgehead atoms. The Balaban J connectivity index is 2.34. The van der Waals surface area contributed by atoms with Gasteiger partial charge in [0.05, 0.1) is 5.54 Å². The molecule has 1 unspecified atom stereocenters. The van der Waals surface area contributed by atoms with Gasteiger partial charge in [-0.25, -0.2) is 0 Å². The third-order valence-electron chi connectivity index (χ3n) is 1.82. The first-order valence-corrected chi connectivity index (χ1v) is 4.87. The van der Waals surface area contributed by atoms with E-state index in [4.69, 9.17) is 0 Å². The van der Waals surface area contributed by atoms with E-state index < -0.39 is 0 Å². The van der Waals surface area contributed by atoms with Crippen LogP contribution in [0.5, 0.6) is 0 Å². The van der Waals surface area contributed by atoms with Gasteiger partial charge in [0.15, 0.2) is 0 Å². The lowest BCUT2D eigenvalue weighted by Crippen LogP contribution is -2.02.